The van der Waals surface area contributed by atoms with Crippen LogP contribution in [0.2, 0.25) is 0 Å². The number of carboxylic acid groups (broad SMARTS) is 1. The van der Waals surface area contributed by atoms with E-state index in [1.165, 1.54) is 34.4 Å². The van der Waals surface area contributed by atoms with Crippen LogP contribution in [0.5, 0.6) is 0 Å². The van der Waals surface area contributed by atoms with Gasteiger partial charge in [0.05, 0.1) is 12.0 Å². The second kappa shape index (κ2) is 11.5. The third kappa shape index (κ3) is 6.22. The summed E-state index contributed by atoms with van der Waals surface area (Å²) in [5, 5.41) is 20.7. The summed E-state index contributed by atoms with van der Waals surface area (Å²) in [6.45, 7) is 4.00. The van der Waals surface area contributed by atoms with Crippen molar-refractivity contribution < 1.29 is 23.9 Å². The molecule has 34 heavy (non-hydrogen) atoms. The number of hydrogen-bond donors (Lipinski definition) is 2. The fourth-order valence-electron chi connectivity index (χ4n) is 3.21. The van der Waals surface area contributed by atoms with Gasteiger partial charge in [-0.05, 0) is 37.6 Å². The molecular formula is C24H25FN4O4S. The third-order valence-corrected chi connectivity index (χ3v) is 5.98. The number of carboxylic acids is 1. The number of benzene rings is 2. The predicted molar refractivity (Wildman–Crippen MR) is 128 cm³/mol. The summed E-state index contributed by atoms with van der Waals surface area (Å²) in [5.41, 5.74) is 1.06. The molecule has 178 valence electrons. The van der Waals surface area contributed by atoms with Crippen LogP contribution in [-0.2, 0) is 4.79 Å². The summed E-state index contributed by atoms with van der Waals surface area (Å²) in [6.07, 6.45) is 1.40. The first kappa shape index (κ1) is 25.0. The van der Waals surface area contributed by atoms with E-state index in [0.29, 0.717) is 27.8 Å². The van der Waals surface area contributed by atoms with Crippen molar-refractivity contribution in [3.05, 3.63) is 65.5 Å². The number of carbonyl (C=O) groups is 3. The lowest BCUT2D eigenvalue weighted by molar-refractivity contribution is -0.137. The Bertz CT molecular complexity index is 1170. The van der Waals surface area contributed by atoms with Crippen molar-refractivity contribution in [1.29, 1.82) is 0 Å². The zero-order valence-corrected chi connectivity index (χ0v) is 19.6. The largest absolute Gasteiger partial charge is 0.481 e. The molecule has 0 aliphatic heterocycles. The van der Waals surface area contributed by atoms with E-state index in [4.69, 9.17) is 5.11 Å². The quantitative estimate of drug-likeness (QED) is 0.442. The Labute approximate surface area is 200 Å². The second-order valence-corrected chi connectivity index (χ2v) is 8.69. The maximum atomic E-state index is 14.2. The lowest BCUT2D eigenvalue weighted by atomic mass is 10.1. The minimum Gasteiger partial charge on any atom is -0.481 e. The molecule has 1 heterocycles. The zero-order valence-electron chi connectivity index (χ0n) is 18.8. The van der Waals surface area contributed by atoms with Crippen molar-refractivity contribution in [1.82, 2.24) is 15.5 Å². The fraction of sp³-hybridized carbons (Fsp3) is 0.292. The van der Waals surface area contributed by atoms with Crippen molar-refractivity contribution in [3.63, 3.8) is 0 Å². The van der Waals surface area contributed by atoms with Crippen LogP contribution in [0.4, 0.5) is 9.52 Å². The van der Waals surface area contributed by atoms with Gasteiger partial charge in [-0.2, -0.15) is 0 Å². The summed E-state index contributed by atoms with van der Waals surface area (Å²) in [5.74, 6) is -2.43. The summed E-state index contributed by atoms with van der Waals surface area (Å²) >= 11 is 1.20. The number of unbranched alkanes of at least 4 members (excludes halogenated alkanes) is 1. The number of rotatable bonds is 10. The van der Waals surface area contributed by atoms with Crippen LogP contribution in [-0.4, -0.2) is 45.7 Å². The Morgan fingerprint density at radius 3 is 2.47 bits per heavy atom. The van der Waals surface area contributed by atoms with Gasteiger partial charge in [-0.15, -0.1) is 10.2 Å². The molecule has 0 spiro atoms. The van der Waals surface area contributed by atoms with Crippen LogP contribution in [0, 0.1) is 5.82 Å². The molecule has 0 fully saturated rings. The van der Waals surface area contributed by atoms with E-state index >= 15 is 0 Å². The van der Waals surface area contributed by atoms with E-state index in [2.05, 4.69) is 15.5 Å². The molecule has 0 aliphatic rings. The normalized spacial score (nSPS) is 11.6. The second-order valence-electron chi connectivity index (χ2n) is 7.73. The van der Waals surface area contributed by atoms with E-state index < -0.39 is 23.7 Å². The summed E-state index contributed by atoms with van der Waals surface area (Å²) in [4.78, 5) is 37.6. The van der Waals surface area contributed by atoms with E-state index in [1.807, 2.05) is 6.92 Å². The molecule has 1 atom stereocenters. The van der Waals surface area contributed by atoms with Crippen LogP contribution in [0.3, 0.4) is 0 Å². The van der Waals surface area contributed by atoms with Gasteiger partial charge in [-0.1, -0.05) is 48.9 Å². The molecule has 1 aromatic heterocycles. The molecule has 0 saturated heterocycles. The number of carbonyl (C=O) groups excluding carboxylic acids is 2. The van der Waals surface area contributed by atoms with E-state index in [9.17, 15) is 18.8 Å². The number of hydrogen-bond acceptors (Lipinski definition) is 6. The van der Waals surface area contributed by atoms with Crippen LogP contribution in [0.15, 0.2) is 48.5 Å². The van der Waals surface area contributed by atoms with Crippen LogP contribution >= 0.6 is 11.3 Å². The highest BCUT2D eigenvalue weighted by Crippen LogP contribution is 2.30. The molecule has 0 bridgehead atoms. The van der Waals surface area contributed by atoms with Crippen molar-refractivity contribution in [2.45, 2.75) is 39.2 Å². The van der Waals surface area contributed by atoms with Crippen LogP contribution in [0.1, 0.15) is 53.8 Å². The smallest absolute Gasteiger partial charge is 0.305 e. The molecule has 8 nitrogen and oxygen atoms in total. The molecule has 2 N–H and O–H groups in total. The number of aromatic nitrogens is 2. The molecule has 10 heteroatoms. The average Bonchev–Trinajstić information content (AvgIpc) is 3.29. The molecule has 0 unspecified atom stereocenters. The molecule has 2 amide bonds. The minimum atomic E-state index is -0.989. The number of anilines is 1. The lowest BCUT2D eigenvalue weighted by Crippen LogP contribution is -2.34. The van der Waals surface area contributed by atoms with E-state index in [0.717, 1.165) is 12.8 Å². The molecule has 0 radical (unpaired) electrons. The highest BCUT2D eigenvalue weighted by atomic mass is 32.1. The lowest BCUT2D eigenvalue weighted by Gasteiger charge is -2.19. The first-order chi connectivity index (χ1) is 16.3. The van der Waals surface area contributed by atoms with Gasteiger partial charge < -0.3 is 10.4 Å². The van der Waals surface area contributed by atoms with E-state index in [1.54, 1.807) is 37.3 Å². The van der Waals surface area contributed by atoms with E-state index in [-0.39, 0.29) is 17.9 Å². The average molecular weight is 485 g/mol. The predicted octanol–water partition coefficient (Wildman–Crippen LogP) is 4.38. The van der Waals surface area contributed by atoms with Crippen molar-refractivity contribution in [2.24, 2.45) is 0 Å². The van der Waals surface area contributed by atoms with Gasteiger partial charge in [0.15, 0.2) is 0 Å². The van der Waals surface area contributed by atoms with Crippen molar-refractivity contribution >= 4 is 34.3 Å². The van der Waals surface area contributed by atoms with Gasteiger partial charge in [-0.3, -0.25) is 19.3 Å². The van der Waals surface area contributed by atoms with Gasteiger partial charge in [0.1, 0.15) is 10.8 Å². The topological polar surface area (TPSA) is 112 Å². The molecule has 3 aromatic rings. The molecule has 2 aromatic carbocycles. The minimum absolute atomic E-state index is 0.0251. The maximum absolute atomic E-state index is 14.2. The molecule has 0 saturated carbocycles. The highest BCUT2D eigenvalue weighted by Gasteiger charge is 2.24. The third-order valence-electron chi connectivity index (χ3n) is 4.98. The summed E-state index contributed by atoms with van der Waals surface area (Å²) in [6, 6.07) is 12.0. The van der Waals surface area contributed by atoms with Gasteiger partial charge >= 0.3 is 5.97 Å². The van der Waals surface area contributed by atoms with Crippen molar-refractivity contribution in [2.75, 3.05) is 11.4 Å². The SMILES string of the molecule is CCCCN(C(=O)c1ccccc1F)c1nnc(-c2ccc(C(=O)N[C@H](C)CC(=O)O)cc2)s1. The Hall–Kier alpha value is -3.66. The summed E-state index contributed by atoms with van der Waals surface area (Å²) in [7, 11) is 0. The first-order valence-corrected chi connectivity index (χ1v) is 11.6. The van der Waals surface area contributed by atoms with Gasteiger partial charge in [0.25, 0.3) is 11.8 Å². The Morgan fingerprint density at radius 1 is 1.12 bits per heavy atom. The number of halogens is 1. The molecular weight excluding hydrogens is 459 g/mol. The standard InChI is InChI=1S/C24H25FN4O4S/c1-3-4-13-29(23(33)18-7-5-6-8-19(18)25)24-28-27-22(34-24)17-11-9-16(10-12-17)21(32)26-15(2)14-20(30)31/h5-12,15H,3-4,13-14H2,1-2H3,(H,26,32)(H,30,31)/t15-/m1/s1. The number of aliphatic carboxylic acids is 1. The zero-order chi connectivity index (χ0) is 24.7. The maximum Gasteiger partial charge on any atom is 0.305 e. The van der Waals surface area contributed by atoms with Gasteiger partial charge in [0.2, 0.25) is 5.13 Å². The van der Waals surface area contributed by atoms with Gasteiger partial charge in [0, 0.05) is 23.7 Å². The summed E-state index contributed by atoms with van der Waals surface area (Å²) < 4.78 is 14.2. The number of amides is 2. The first-order valence-electron chi connectivity index (χ1n) is 10.8. The van der Waals surface area contributed by atoms with Gasteiger partial charge in [-0.25, -0.2) is 4.39 Å². The monoisotopic (exact) mass is 484 g/mol. The van der Waals surface area contributed by atoms with Crippen LogP contribution in [0.25, 0.3) is 10.6 Å². The molecule has 3 rings (SSSR count). The van der Waals surface area contributed by atoms with Crippen LogP contribution < -0.4 is 10.2 Å². The Kier molecular flexibility index (Phi) is 8.42. The highest BCUT2D eigenvalue weighted by molar-refractivity contribution is 7.18. The number of nitrogens with one attached hydrogen (secondary N) is 1. The fourth-order valence-corrected chi connectivity index (χ4v) is 4.08. The Morgan fingerprint density at radius 2 is 1.82 bits per heavy atom. The Balaban J connectivity index is 1.78. The van der Waals surface area contributed by atoms with Crippen molar-refractivity contribution in [3.8, 4) is 10.6 Å². The number of nitrogens with zero attached hydrogens (tertiary/aromatic N) is 3. The molecule has 0 aliphatic carbocycles.